The van der Waals surface area contributed by atoms with Gasteiger partial charge in [0.15, 0.2) is 0 Å². The average Bonchev–Trinajstić information content (AvgIpc) is 3.23. The minimum Gasteiger partial charge on any atom is -0.299 e. The fourth-order valence-electron chi connectivity index (χ4n) is 3.54. The first kappa shape index (κ1) is 21.4. The number of nitrogens with one attached hydrogen (secondary N) is 1. The van der Waals surface area contributed by atoms with E-state index in [1.54, 1.807) is 0 Å². The summed E-state index contributed by atoms with van der Waals surface area (Å²) >= 11 is 1.44. The van der Waals surface area contributed by atoms with E-state index in [1.807, 2.05) is 24.3 Å². The van der Waals surface area contributed by atoms with Crippen LogP contribution in [0.2, 0.25) is 0 Å². The zero-order chi connectivity index (χ0) is 21.3. The van der Waals surface area contributed by atoms with Gasteiger partial charge in [-0.2, -0.15) is 0 Å². The molecule has 0 radical (unpaired) electrons. The summed E-state index contributed by atoms with van der Waals surface area (Å²) < 4.78 is 0. The molecular weight excluding hydrogens is 406 g/mol. The lowest BCUT2D eigenvalue weighted by atomic mass is 10.2. The predicted octanol–water partition coefficient (Wildman–Crippen LogP) is 3.40. The summed E-state index contributed by atoms with van der Waals surface area (Å²) in [6.07, 6.45) is 5.10. The second-order valence-electron chi connectivity index (χ2n) is 7.60. The molecule has 0 aliphatic carbocycles. The molecule has 160 valence electrons. The van der Waals surface area contributed by atoms with Crippen LogP contribution in [0.3, 0.4) is 0 Å². The fourth-order valence-corrected chi connectivity index (χ4v) is 4.33. The number of benzene rings is 2. The van der Waals surface area contributed by atoms with Crippen molar-refractivity contribution in [3.05, 3.63) is 82.9 Å². The van der Waals surface area contributed by atoms with Gasteiger partial charge in [-0.3, -0.25) is 19.9 Å². The quantitative estimate of drug-likeness (QED) is 0.590. The van der Waals surface area contributed by atoms with Gasteiger partial charge in [0, 0.05) is 39.1 Å². The number of piperazine rings is 1. The van der Waals surface area contributed by atoms with E-state index in [9.17, 15) is 4.79 Å². The largest absolute Gasteiger partial charge is 0.299 e. The Morgan fingerprint density at radius 3 is 2.35 bits per heavy atom. The van der Waals surface area contributed by atoms with Gasteiger partial charge in [0.2, 0.25) is 11.0 Å². The number of carbonyl (C=O) groups excluding carboxylic acids is 1. The molecule has 1 N–H and O–H groups in total. The average molecular weight is 434 g/mol. The number of hydrogen-bond donors (Lipinski definition) is 1. The van der Waals surface area contributed by atoms with Gasteiger partial charge in [0.25, 0.3) is 0 Å². The van der Waals surface area contributed by atoms with E-state index >= 15 is 0 Å². The van der Waals surface area contributed by atoms with Crippen molar-refractivity contribution in [2.45, 2.75) is 6.42 Å². The summed E-state index contributed by atoms with van der Waals surface area (Å²) in [5.74, 6) is -0.0279. The second-order valence-corrected chi connectivity index (χ2v) is 8.66. The van der Waals surface area contributed by atoms with Crippen LogP contribution in [0.25, 0.3) is 6.08 Å². The van der Waals surface area contributed by atoms with Crippen molar-refractivity contribution in [2.24, 2.45) is 0 Å². The van der Waals surface area contributed by atoms with E-state index in [-0.39, 0.29) is 5.91 Å². The Labute approximate surface area is 187 Å². The van der Waals surface area contributed by atoms with Crippen LogP contribution in [0.1, 0.15) is 16.1 Å². The third-order valence-electron chi connectivity index (χ3n) is 5.22. The summed E-state index contributed by atoms with van der Waals surface area (Å²) in [7, 11) is 0. The molecule has 1 fully saturated rings. The fraction of sp³-hybridized carbons (Fsp3) is 0.292. The first-order valence-electron chi connectivity index (χ1n) is 10.6. The van der Waals surface area contributed by atoms with Crippen LogP contribution in [0.4, 0.5) is 5.13 Å². The molecule has 31 heavy (non-hydrogen) atoms. The zero-order valence-electron chi connectivity index (χ0n) is 17.5. The lowest BCUT2D eigenvalue weighted by Gasteiger charge is -2.33. The number of nitrogens with zero attached hydrogens (tertiary/aromatic N) is 4. The minimum absolute atomic E-state index is 0.0279. The van der Waals surface area contributed by atoms with Crippen molar-refractivity contribution in [3.63, 3.8) is 0 Å². The van der Waals surface area contributed by atoms with Crippen LogP contribution in [0, 0.1) is 0 Å². The van der Waals surface area contributed by atoms with Crippen molar-refractivity contribution < 1.29 is 4.79 Å². The highest BCUT2D eigenvalue weighted by Gasteiger charge is 2.19. The molecule has 1 aromatic heterocycles. The van der Waals surface area contributed by atoms with Crippen molar-refractivity contribution >= 4 is 28.5 Å². The number of anilines is 1. The predicted molar refractivity (Wildman–Crippen MR) is 126 cm³/mol. The molecule has 3 aromatic rings. The Balaban J connectivity index is 1.17. The molecular formula is C24H27N5OS. The molecule has 0 atom stereocenters. The number of hydrogen-bond acceptors (Lipinski definition) is 6. The number of aromatic nitrogens is 2. The first-order valence-corrected chi connectivity index (χ1v) is 11.4. The Kier molecular flexibility index (Phi) is 7.55. The summed E-state index contributed by atoms with van der Waals surface area (Å²) in [6.45, 7) is 5.04. The van der Waals surface area contributed by atoms with E-state index in [4.69, 9.17) is 0 Å². The van der Waals surface area contributed by atoms with Crippen LogP contribution in [0.15, 0.2) is 66.7 Å². The van der Waals surface area contributed by atoms with Crippen molar-refractivity contribution in [2.75, 3.05) is 44.6 Å². The molecule has 0 unspecified atom stereocenters. The first-order chi connectivity index (χ1) is 15.2. The van der Waals surface area contributed by atoms with Gasteiger partial charge < -0.3 is 0 Å². The van der Waals surface area contributed by atoms with Gasteiger partial charge >= 0.3 is 0 Å². The molecule has 0 bridgehead atoms. The monoisotopic (exact) mass is 433 g/mol. The second kappa shape index (κ2) is 10.9. The molecule has 2 heterocycles. The van der Waals surface area contributed by atoms with E-state index < -0.39 is 0 Å². The Hall–Kier alpha value is -2.87. The summed E-state index contributed by atoms with van der Waals surface area (Å²) in [5, 5.41) is 12.7. The molecule has 0 saturated carbocycles. The molecule has 1 aliphatic rings. The third kappa shape index (κ3) is 6.82. The highest BCUT2D eigenvalue weighted by atomic mass is 32.1. The van der Waals surface area contributed by atoms with Crippen molar-refractivity contribution in [1.82, 2.24) is 20.0 Å². The van der Waals surface area contributed by atoms with Crippen LogP contribution < -0.4 is 5.32 Å². The lowest BCUT2D eigenvalue weighted by molar-refractivity contribution is -0.117. The molecule has 1 amide bonds. The van der Waals surface area contributed by atoms with E-state index in [0.717, 1.165) is 44.2 Å². The molecule has 4 rings (SSSR count). The van der Waals surface area contributed by atoms with E-state index in [1.165, 1.54) is 22.5 Å². The molecule has 1 aliphatic heterocycles. The van der Waals surface area contributed by atoms with Gasteiger partial charge in [-0.25, -0.2) is 0 Å². The third-order valence-corrected chi connectivity index (χ3v) is 6.06. The Bertz CT molecular complexity index is 981. The van der Waals surface area contributed by atoms with Gasteiger partial charge in [-0.05, 0) is 11.1 Å². The molecule has 1 saturated heterocycles. The highest BCUT2D eigenvalue weighted by Crippen LogP contribution is 2.18. The van der Waals surface area contributed by atoms with Crippen LogP contribution in [-0.4, -0.2) is 65.2 Å². The summed E-state index contributed by atoms with van der Waals surface area (Å²) in [5.41, 5.74) is 2.41. The Morgan fingerprint density at radius 1 is 0.935 bits per heavy atom. The highest BCUT2D eigenvalue weighted by molar-refractivity contribution is 7.15. The molecule has 7 heteroatoms. The summed E-state index contributed by atoms with van der Waals surface area (Å²) in [4.78, 5) is 17.0. The minimum atomic E-state index is -0.0279. The zero-order valence-corrected chi connectivity index (χ0v) is 18.3. The SMILES string of the molecule is O=C(CN1CCN(C/C=C/c2ccccc2)CC1)Nc1nnc(Cc2ccccc2)s1. The van der Waals surface area contributed by atoms with Gasteiger partial charge in [-0.1, -0.05) is 84.2 Å². The van der Waals surface area contributed by atoms with Crippen LogP contribution in [0.5, 0.6) is 0 Å². The maximum Gasteiger partial charge on any atom is 0.240 e. The van der Waals surface area contributed by atoms with Gasteiger partial charge in [0.1, 0.15) is 5.01 Å². The number of rotatable bonds is 8. The van der Waals surface area contributed by atoms with E-state index in [2.05, 4.69) is 73.9 Å². The van der Waals surface area contributed by atoms with Gasteiger partial charge in [-0.15, -0.1) is 10.2 Å². The van der Waals surface area contributed by atoms with Gasteiger partial charge in [0.05, 0.1) is 6.54 Å². The van der Waals surface area contributed by atoms with Crippen LogP contribution in [-0.2, 0) is 11.2 Å². The maximum atomic E-state index is 12.4. The van der Waals surface area contributed by atoms with Crippen molar-refractivity contribution in [1.29, 1.82) is 0 Å². The standard InChI is InChI=1S/C24H27N5OS/c30-22(25-24-27-26-23(31-24)18-21-10-5-2-6-11-21)19-29-16-14-28(15-17-29)13-7-12-20-8-3-1-4-9-20/h1-12H,13-19H2,(H,25,27,30)/b12-7+. The topological polar surface area (TPSA) is 61.4 Å². The van der Waals surface area contributed by atoms with Crippen molar-refractivity contribution in [3.8, 4) is 0 Å². The van der Waals surface area contributed by atoms with E-state index in [0.29, 0.717) is 11.7 Å². The number of amides is 1. The Morgan fingerprint density at radius 2 is 1.61 bits per heavy atom. The molecule has 2 aromatic carbocycles. The van der Waals surface area contributed by atoms with Crippen LogP contribution >= 0.6 is 11.3 Å². The lowest BCUT2D eigenvalue weighted by Crippen LogP contribution is -2.48. The summed E-state index contributed by atoms with van der Waals surface area (Å²) in [6, 6.07) is 20.5. The normalized spacial score (nSPS) is 15.4. The smallest absolute Gasteiger partial charge is 0.240 e. The number of carbonyl (C=O) groups is 1. The maximum absolute atomic E-state index is 12.4. The molecule has 6 nitrogen and oxygen atoms in total. The molecule has 0 spiro atoms.